The van der Waals surface area contributed by atoms with E-state index in [4.69, 9.17) is 9.47 Å². The molecule has 1 aromatic heterocycles. The number of carbonyl (C=O) groups excluding carboxylic acids is 1. The summed E-state index contributed by atoms with van der Waals surface area (Å²) in [4.78, 5) is 15.0. The van der Waals surface area contributed by atoms with E-state index in [1.807, 2.05) is 29.2 Å². The molecule has 1 N–H and O–H groups in total. The van der Waals surface area contributed by atoms with Crippen LogP contribution in [0.5, 0.6) is 5.75 Å². The van der Waals surface area contributed by atoms with Crippen molar-refractivity contribution in [1.82, 2.24) is 25.0 Å². The Hall–Kier alpha value is -2.45. The predicted molar refractivity (Wildman–Crippen MR) is 103 cm³/mol. The Bertz CT molecular complexity index is 814. The van der Waals surface area contributed by atoms with Gasteiger partial charge in [0, 0.05) is 39.2 Å². The fourth-order valence-electron chi connectivity index (χ4n) is 3.93. The third kappa shape index (κ3) is 3.88. The van der Waals surface area contributed by atoms with E-state index in [9.17, 15) is 4.79 Å². The van der Waals surface area contributed by atoms with E-state index >= 15 is 0 Å². The Morgan fingerprint density at radius 3 is 2.82 bits per heavy atom. The SMILES string of the molecule is COCCOc1ccccc1C(=O)N1CCC(c2nnc3n2CCNC3)CC1. The molecule has 28 heavy (non-hydrogen) atoms. The van der Waals surface area contributed by atoms with E-state index in [0.29, 0.717) is 30.4 Å². The number of rotatable bonds is 6. The number of hydrogen-bond donors (Lipinski definition) is 1. The van der Waals surface area contributed by atoms with Crippen LogP contribution in [0, 0.1) is 0 Å². The van der Waals surface area contributed by atoms with E-state index in [2.05, 4.69) is 20.1 Å². The Morgan fingerprint density at radius 1 is 1.18 bits per heavy atom. The Balaban J connectivity index is 1.40. The fraction of sp³-hybridized carbons (Fsp3) is 0.550. The molecule has 1 fully saturated rings. The summed E-state index contributed by atoms with van der Waals surface area (Å²) in [6.45, 7) is 5.01. The first-order chi connectivity index (χ1) is 13.8. The van der Waals surface area contributed by atoms with Crippen LogP contribution in [-0.2, 0) is 17.8 Å². The molecular weight excluding hydrogens is 358 g/mol. The van der Waals surface area contributed by atoms with Crippen molar-refractivity contribution < 1.29 is 14.3 Å². The molecular formula is C20H27N5O3. The fourth-order valence-corrected chi connectivity index (χ4v) is 3.93. The molecule has 3 heterocycles. The van der Waals surface area contributed by atoms with Crippen LogP contribution in [0.25, 0.3) is 0 Å². The van der Waals surface area contributed by atoms with Crippen LogP contribution in [0.2, 0.25) is 0 Å². The summed E-state index contributed by atoms with van der Waals surface area (Å²) in [7, 11) is 1.63. The quantitative estimate of drug-likeness (QED) is 0.758. The standard InChI is InChI=1S/C20H27N5O3/c1-27-12-13-28-17-5-3-2-4-16(17)20(26)24-9-6-15(7-10-24)19-23-22-18-14-21-8-11-25(18)19/h2-5,15,21H,6-14H2,1H3. The van der Waals surface area contributed by atoms with Crippen molar-refractivity contribution in [3.63, 3.8) is 0 Å². The molecule has 0 unspecified atom stereocenters. The lowest BCUT2D eigenvalue weighted by molar-refractivity contribution is 0.0703. The number of nitrogens with zero attached hydrogens (tertiary/aromatic N) is 4. The molecule has 1 aromatic carbocycles. The van der Waals surface area contributed by atoms with Crippen molar-refractivity contribution in [2.24, 2.45) is 0 Å². The van der Waals surface area contributed by atoms with Crippen molar-refractivity contribution in [2.75, 3.05) is 40.0 Å². The van der Waals surface area contributed by atoms with Gasteiger partial charge in [-0.15, -0.1) is 10.2 Å². The van der Waals surface area contributed by atoms with Gasteiger partial charge in [0.15, 0.2) is 0 Å². The molecule has 0 spiro atoms. The number of methoxy groups -OCH3 is 1. The molecule has 2 aromatic rings. The first-order valence-electron chi connectivity index (χ1n) is 9.90. The number of para-hydroxylation sites is 1. The summed E-state index contributed by atoms with van der Waals surface area (Å²) in [6, 6.07) is 7.43. The molecule has 4 rings (SSSR count). The van der Waals surface area contributed by atoms with Crippen LogP contribution < -0.4 is 10.1 Å². The number of aromatic nitrogens is 3. The molecule has 0 aliphatic carbocycles. The largest absolute Gasteiger partial charge is 0.490 e. The highest BCUT2D eigenvalue weighted by molar-refractivity contribution is 5.97. The first-order valence-corrected chi connectivity index (χ1v) is 9.90. The maximum Gasteiger partial charge on any atom is 0.257 e. The third-order valence-electron chi connectivity index (χ3n) is 5.46. The van der Waals surface area contributed by atoms with E-state index in [0.717, 1.165) is 57.2 Å². The second-order valence-electron chi connectivity index (χ2n) is 7.21. The molecule has 0 saturated carbocycles. The minimum Gasteiger partial charge on any atom is -0.490 e. The van der Waals surface area contributed by atoms with Crippen LogP contribution in [0.3, 0.4) is 0 Å². The summed E-state index contributed by atoms with van der Waals surface area (Å²) in [6.07, 6.45) is 1.81. The van der Waals surface area contributed by atoms with Gasteiger partial charge in [-0.05, 0) is 25.0 Å². The van der Waals surface area contributed by atoms with Crippen molar-refractivity contribution in [3.8, 4) is 5.75 Å². The Kier molecular flexibility index (Phi) is 5.87. The van der Waals surface area contributed by atoms with E-state index in [1.54, 1.807) is 7.11 Å². The maximum absolute atomic E-state index is 13.1. The van der Waals surface area contributed by atoms with Gasteiger partial charge in [0.1, 0.15) is 24.0 Å². The van der Waals surface area contributed by atoms with Gasteiger partial charge < -0.3 is 24.3 Å². The third-order valence-corrected chi connectivity index (χ3v) is 5.46. The van der Waals surface area contributed by atoms with Crippen LogP contribution in [-0.4, -0.2) is 65.5 Å². The Morgan fingerprint density at radius 2 is 2.00 bits per heavy atom. The number of nitrogens with one attached hydrogen (secondary N) is 1. The summed E-state index contributed by atoms with van der Waals surface area (Å²) in [5, 5.41) is 12.1. The van der Waals surface area contributed by atoms with E-state index in [1.165, 1.54) is 0 Å². The van der Waals surface area contributed by atoms with Crippen molar-refractivity contribution in [3.05, 3.63) is 41.5 Å². The number of carbonyl (C=O) groups is 1. The minimum atomic E-state index is 0.0268. The first kappa shape index (κ1) is 18.9. The number of benzene rings is 1. The van der Waals surface area contributed by atoms with Gasteiger partial charge in [0.2, 0.25) is 0 Å². The molecule has 0 radical (unpaired) electrons. The zero-order valence-electron chi connectivity index (χ0n) is 16.3. The second-order valence-corrected chi connectivity index (χ2v) is 7.21. The summed E-state index contributed by atoms with van der Waals surface area (Å²) in [5.74, 6) is 3.09. The monoisotopic (exact) mass is 385 g/mol. The van der Waals surface area contributed by atoms with Gasteiger partial charge in [-0.3, -0.25) is 4.79 Å². The molecule has 8 heteroatoms. The molecule has 1 saturated heterocycles. The van der Waals surface area contributed by atoms with Gasteiger partial charge >= 0.3 is 0 Å². The summed E-state index contributed by atoms with van der Waals surface area (Å²) in [5.41, 5.74) is 0.614. The lowest BCUT2D eigenvalue weighted by Crippen LogP contribution is -2.39. The van der Waals surface area contributed by atoms with Crippen LogP contribution >= 0.6 is 0 Å². The van der Waals surface area contributed by atoms with Gasteiger partial charge in [-0.1, -0.05) is 12.1 Å². The number of fused-ring (bicyclic) bond motifs is 1. The van der Waals surface area contributed by atoms with Crippen molar-refractivity contribution >= 4 is 5.91 Å². The van der Waals surface area contributed by atoms with Crippen LogP contribution in [0.1, 0.15) is 40.8 Å². The number of ether oxygens (including phenoxy) is 2. The average Bonchev–Trinajstić information content (AvgIpc) is 3.18. The number of amides is 1. The van der Waals surface area contributed by atoms with E-state index in [-0.39, 0.29) is 5.91 Å². The molecule has 1 amide bonds. The smallest absolute Gasteiger partial charge is 0.257 e. The zero-order valence-corrected chi connectivity index (χ0v) is 16.3. The highest BCUT2D eigenvalue weighted by Gasteiger charge is 2.30. The van der Waals surface area contributed by atoms with Gasteiger partial charge in [-0.25, -0.2) is 0 Å². The summed E-state index contributed by atoms with van der Waals surface area (Å²) >= 11 is 0. The average molecular weight is 385 g/mol. The molecule has 2 aliphatic rings. The minimum absolute atomic E-state index is 0.0268. The van der Waals surface area contributed by atoms with Crippen LogP contribution in [0.15, 0.2) is 24.3 Å². The molecule has 150 valence electrons. The zero-order chi connectivity index (χ0) is 19.3. The van der Waals surface area contributed by atoms with Crippen molar-refractivity contribution in [1.29, 1.82) is 0 Å². The van der Waals surface area contributed by atoms with Gasteiger partial charge in [-0.2, -0.15) is 0 Å². The van der Waals surface area contributed by atoms with E-state index < -0.39 is 0 Å². The molecule has 8 nitrogen and oxygen atoms in total. The normalized spacial score (nSPS) is 17.4. The topological polar surface area (TPSA) is 81.5 Å². The van der Waals surface area contributed by atoms with Gasteiger partial charge in [0.05, 0.1) is 18.7 Å². The van der Waals surface area contributed by atoms with Crippen molar-refractivity contribution in [2.45, 2.75) is 31.8 Å². The highest BCUT2D eigenvalue weighted by Crippen LogP contribution is 2.29. The number of hydrogen-bond acceptors (Lipinski definition) is 6. The van der Waals surface area contributed by atoms with Gasteiger partial charge in [0.25, 0.3) is 5.91 Å². The number of likely N-dealkylation sites (tertiary alicyclic amines) is 1. The molecule has 0 bridgehead atoms. The lowest BCUT2D eigenvalue weighted by Gasteiger charge is -2.32. The summed E-state index contributed by atoms with van der Waals surface area (Å²) < 4.78 is 13.0. The Labute approximate surface area is 164 Å². The molecule has 0 atom stereocenters. The lowest BCUT2D eigenvalue weighted by atomic mass is 9.95. The molecule has 2 aliphatic heterocycles. The maximum atomic E-state index is 13.1. The predicted octanol–water partition coefficient (Wildman–Crippen LogP) is 1.43. The van der Waals surface area contributed by atoms with Crippen LogP contribution in [0.4, 0.5) is 0 Å². The number of piperidine rings is 1. The highest BCUT2D eigenvalue weighted by atomic mass is 16.5. The second kappa shape index (κ2) is 8.70.